The van der Waals surface area contributed by atoms with Crippen LogP contribution in [-0.2, 0) is 28.6 Å². The quantitative estimate of drug-likeness (QED) is 0.113. The Labute approximate surface area is 290 Å². The molecule has 2 aliphatic heterocycles. The minimum Gasteiger partial charge on any atom is -0.448 e. The van der Waals surface area contributed by atoms with Crippen molar-refractivity contribution in [2.75, 3.05) is 17.7 Å². The van der Waals surface area contributed by atoms with Crippen LogP contribution in [0.4, 0.5) is 14.7 Å². The highest BCUT2D eigenvalue weighted by Crippen LogP contribution is 2.42. The van der Waals surface area contributed by atoms with Gasteiger partial charge in [-0.05, 0) is 38.8 Å². The topological polar surface area (TPSA) is 179 Å². The van der Waals surface area contributed by atoms with Crippen molar-refractivity contribution in [3.63, 3.8) is 0 Å². The van der Waals surface area contributed by atoms with Gasteiger partial charge < -0.3 is 25.3 Å². The highest BCUT2D eigenvalue weighted by Gasteiger charge is 2.55. The van der Waals surface area contributed by atoms with E-state index in [2.05, 4.69) is 15.6 Å². The van der Waals surface area contributed by atoms with E-state index in [1.165, 1.54) is 16.7 Å². The van der Waals surface area contributed by atoms with Gasteiger partial charge in [0.2, 0.25) is 0 Å². The standard InChI is InChI=1S/C34H35N5O8S2/c1-5-22(23-18-49-32(36-23)38-33(44)47-34(2,3)4)27(40)37-24-28(41)39-25(21(16-45-31(35)43)17-48-29(24)39)30(42)46-26(19-12-8-6-9-13-19)20-14-10-7-11-15-20/h5-15,18,24,26,29H,16-17H2,1-4H3,(H2,35,43)(H,37,40)(H,36,38,44)/b22-5-/t24-,29-/m1/s1. The Bertz CT molecular complexity index is 1760. The van der Waals surface area contributed by atoms with Gasteiger partial charge in [-0.1, -0.05) is 66.7 Å². The van der Waals surface area contributed by atoms with Crippen LogP contribution in [0.2, 0.25) is 0 Å². The fourth-order valence-electron chi connectivity index (χ4n) is 5.15. The monoisotopic (exact) mass is 705 g/mol. The number of thioether (sulfide) groups is 1. The summed E-state index contributed by atoms with van der Waals surface area (Å²) in [4.78, 5) is 70.3. The molecular formula is C34H35N5O8S2. The second kappa shape index (κ2) is 15.0. The van der Waals surface area contributed by atoms with Gasteiger partial charge in [-0.2, -0.15) is 0 Å². The van der Waals surface area contributed by atoms with E-state index in [0.29, 0.717) is 22.4 Å². The molecule has 3 heterocycles. The van der Waals surface area contributed by atoms with Gasteiger partial charge in [0.05, 0.1) is 11.3 Å². The van der Waals surface area contributed by atoms with Crippen LogP contribution in [0.1, 0.15) is 50.6 Å². The molecule has 0 radical (unpaired) electrons. The van der Waals surface area contributed by atoms with Gasteiger partial charge in [0, 0.05) is 16.7 Å². The van der Waals surface area contributed by atoms with E-state index in [4.69, 9.17) is 19.9 Å². The van der Waals surface area contributed by atoms with Crippen molar-refractivity contribution in [1.82, 2.24) is 15.2 Å². The first kappa shape index (κ1) is 35.2. The van der Waals surface area contributed by atoms with Crippen LogP contribution in [0.25, 0.3) is 5.57 Å². The third-order valence-corrected chi connectivity index (χ3v) is 9.36. The van der Waals surface area contributed by atoms with Crippen LogP contribution in [0, 0.1) is 0 Å². The number of rotatable bonds is 10. The number of nitrogens with zero attached hydrogens (tertiary/aromatic N) is 2. The molecule has 4 amide bonds. The molecule has 0 aliphatic carbocycles. The average molecular weight is 706 g/mol. The van der Waals surface area contributed by atoms with Gasteiger partial charge in [0.1, 0.15) is 29.3 Å². The molecule has 1 aromatic heterocycles. The second-order valence-corrected chi connectivity index (χ2v) is 13.9. The third kappa shape index (κ3) is 8.29. The Balaban J connectivity index is 1.34. The van der Waals surface area contributed by atoms with E-state index in [9.17, 15) is 24.0 Å². The number of ether oxygens (including phenoxy) is 3. The first-order valence-electron chi connectivity index (χ1n) is 15.2. The van der Waals surface area contributed by atoms with E-state index in [1.54, 1.807) is 39.2 Å². The predicted octanol–water partition coefficient (Wildman–Crippen LogP) is 4.98. The number of nitrogens with two attached hydrogens (primary N) is 1. The number of hydrogen-bond donors (Lipinski definition) is 3. The minimum atomic E-state index is -1.04. The number of esters is 1. The van der Waals surface area contributed by atoms with Crippen molar-refractivity contribution in [3.05, 3.63) is 100 Å². The predicted molar refractivity (Wildman–Crippen MR) is 184 cm³/mol. The molecule has 5 rings (SSSR count). The zero-order chi connectivity index (χ0) is 35.3. The molecule has 3 aromatic rings. The van der Waals surface area contributed by atoms with Gasteiger partial charge in [-0.15, -0.1) is 23.1 Å². The lowest BCUT2D eigenvalue weighted by molar-refractivity contribution is -0.154. The van der Waals surface area contributed by atoms with Gasteiger partial charge >= 0.3 is 18.2 Å². The highest BCUT2D eigenvalue weighted by molar-refractivity contribution is 8.00. The average Bonchev–Trinajstić information content (AvgIpc) is 3.52. The zero-order valence-corrected chi connectivity index (χ0v) is 28.8. The fourth-order valence-corrected chi connectivity index (χ4v) is 7.17. The fraction of sp³-hybridized carbons (Fsp3) is 0.294. The van der Waals surface area contributed by atoms with Crippen LogP contribution in [0.3, 0.4) is 0 Å². The van der Waals surface area contributed by atoms with Crippen LogP contribution in [-0.4, -0.2) is 69.2 Å². The molecule has 256 valence electrons. The Morgan fingerprint density at radius 1 is 1.06 bits per heavy atom. The number of thiazole rings is 1. The number of aromatic nitrogens is 1. The number of benzene rings is 2. The molecule has 2 atom stereocenters. The van der Waals surface area contributed by atoms with Crippen LogP contribution in [0.15, 0.2) is 83.4 Å². The molecular weight excluding hydrogens is 671 g/mol. The number of β-lactam (4-membered cyclic amide) rings is 1. The number of allylic oxidation sites excluding steroid dienone is 1. The van der Waals surface area contributed by atoms with Crippen molar-refractivity contribution in [3.8, 4) is 0 Å². The Kier molecular flexibility index (Phi) is 10.7. The molecule has 4 N–H and O–H groups in total. The first-order valence-corrected chi connectivity index (χ1v) is 17.1. The summed E-state index contributed by atoms with van der Waals surface area (Å²) >= 11 is 2.40. The van der Waals surface area contributed by atoms with Gasteiger partial charge in [0.15, 0.2) is 11.2 Å². The molecule has 0 unspecified atom stereocenters. The smallest absolute Gasteiger partial charge is 0.413 e. The molecule has 0 saturated carbocycles. The van der Waals surface area contributed by atoms with Gasteiger partial charge in [0.25, 0.3) is 11.8 Å². The minimum absolute atomic E-state index is 0.0685. The molecule has 0 spiro atoms. The van der Waals surface area contributed by atoms with Crippen molar-refractivity contribution in [1.29, 1.82) is 0 Å². The largest absolute Gasteiger partial charge is 0.448 e. The maximum Gasteiger partial charge on any atom is 0.413 e. The lowest BCUT2D eigenvalue weighted by atomic mass is 10.0. The maximum atomic E-state index is 14.0. The van der Waals surface area contributed by atoms with Crippen LogP contribution in [0.5, 0.6) is 0 Å². The van der Waals surface area contributed by atoms with E-state index >= 15 is 0 Å². The van der Waals surface area contributed by atoms with Crippen LogP contribution >= 0.6 is 23.1 Å². The van der Waals surface area contributed by atoms with Crippen molar-refractivity contribution in [2.45, 2.75) is 50.8 Å². The number of anilines is 1. The summed E-state index contributed by atoms with van der Waals surface area (Å²) in [5.41, 5.74) is 6.67. The van der Waals surface area contributed by atoms with Crippen LogP contribution < -0.4 is 16.4 Å². The summed E-state index contributed by atoms with van der Waals surface area (Å²) in [7, 11) is 0. The highest BCUT2D eigenvalue weighted by atomic mass is 32.2. The van der Waals surface area contributed by atoms with Gasteiger partial charge in [-0.25, -0.2) is 19.4 Å². The number of nitrogens with one attached hydrogen (secondary N) is 2. The summed E-state index contributed by atoms with van der Waals surface area (Å²) in [6.45, 7) is 6.53. The Hall–Kier alpha value is -5.15. The lowest BCUT2D eigenvalue weighted by Crippen LogP contribution is -2.70. The number of primary amides is 1. The summed E-state index contributed by atoms with van der Waals surface area (Å²) in [5, 5.41) is 6.50. The summed E-state index contributed by atoms with van der Waals surface area (Å²) in [5.74, 6) is -1.72. The zero-order valence-electron chi connectivity index (χ0n) is 27.1. The number of carbonyl (C=O) groups is 5. The van der Waals surface area contributed by atoms with Gasteiger partial charge in [-0.3, -0.25) is 19.8 Å². The number of carbonyl (C=O) groups excluding carboxylic acids is 5. The molecule has 0 bridgehead atoms. The van der Waals surface area contributed by atoms with E-state index in [1.807, 2.05) is 60.7 Å². The Morgan fingerprint density at radius 3 is 2.27 bits per heavy atom. The van der Waals surface area contributed by atoms with E-state index < -0.39 is 53.1 Å². The van der Waals surface area contributed by atoms with E-state index in [-0.39, 0.29) is 28.8 Å². The number of amides is 4. The van der Waals surface area contributed by atoms with Crippen molar-refractivity contribution >= 4 is 63.8 Å². The molecule has 1 saturated heterocycles. The molecule has 2 aromatic carbocycles. The van der Waals surface area contributed by atoms with Crippen molar-refractivity contribution < 1.29 is 38.2 Å². The third-order valence-electron chi connectivity index (χ3n) is 7.27. The summed E-state index contributed by atoms with van der Waals surface area (Å²) < 4.78 is 16.4. The first-order chi connectivity index (χ1) is 23.4. The molecule has 1 fully saturated rings. The number of fused-ring (bicyclic) bond motifs is 1. The summed E-state index contributed by atoms with van der Waals surface area (Å²) in [6.07, 6.45) is -0.975. The Morgan fingerprint density at radius 2 is 1.69 bits per heavy atom. The van der Waals surface area contributed by atoms with Crippen molar-refractivity contribution in [2.24, 2.45) is 5.73 Å². The second-order valence-electron chi connectivity index (χ2n) is 11.9. The van der Waals surface area contributed by atoms with E-state index in [0.717, 1.165) is 11.3 Å². The SMILES string of the molecule is C/C=C(\C(=O)N[C@@H]1C(=O)N2C(C(=O)OC(c3ccccc3)c3ccccc3)=C(COC(N)=O)CS[C@H]12)c1csc(NC(=O)OC(C)(C)C)n1. The molecule has 13 nitrogen and oxygen atoms in total. The molecule has 49 heavy (non-hydrogen) atoms. The summed E-state index contributed by atoms with van der Waals surface area (Å²) in [6, 6.07) is 17.3. The molecule has 2 aliphatic rings. The number of hydrogen-bond acceptors (Lipinski definition) is 11. The lowest BCUT2D eigenvalue weighted by Gasteiger charge is -2.49. The normalized spacial score (nSPS) is 17.5. The molecule has 15 heteroatoms. The maximum absolute atomic E-state index is 14.0.